The maximum Gasteiger partial charge on any atom is 0.353 e. The Morgan fingerprint density at radius 1 is 1.44 bits per heavy atom. The van der Waals surface area contributed by atoms with Gasteiger partial charge in [-0.3, -0.25) is 9.69 Å². The van der Waals surface area contributed by atoms with E-state index in [0.29, 0.717) is 24.4 Å². The smallest absolute Gasteiger partial charge is 0.353 e. The number of aliphatic hydroxyl groups excluding tert-OH is 1. The first kappa shape index (κ1) is 17.4. The van der Waals surface area contributed by atoms with Crippen LogP contribution in [0.5, 0.6) is 0 Å². The first-order chi connectivity index (χ1) is 13.1. The minimum absolute atomic E-state index is 0.00937. The number of aliphatic hydroxyl groups is 1. The van der Waals surface area contributed by atoms with Gasteiger partial charge in [0, 0.05) is 17.0 Å². The molecule has 2 N–H and O–H groups in total. The summed E-state index contributed by atoms with van der Waals surface area (Å²) in [6, 6.07) is 3.72. The molecule has 1 atom stereocenters. The Labute approximate surface area is 158 Å². The van der Waals surface area contributed by atoms with Crippen LogP contribution in [0.4, 0.5) is 0 Å². The SMILES string of the molecule is O=C(O)C1=CS[C@@H]2/C(=C\c3cn(CC[n+]4cccc(CO)c4)nn3)C(=O)N12. The number of β-lactam (4-membered cyclic amide) rings is 1. The van der Waals surface area contributed by atoms with Gasteiger partial charge in [0.05, 0.1) is 18.4 Å². The number of pyridine rings is 1. The number of aromatic nitrogens is 4. The van der Waals surface area contributed by atoms with E-state index in [2.05, 4.69) is 10.3 Å². The zero-order valence-corrected chi connectivity index (χ0v) is 14.9. The van der Waals surface area contributed by atoms with Crippen LogP contribution in [0.25, 0.3) is 6.08 Å². The number of nitrogens with zero attached hydrogens (tertiary/aromatic N) is 5. The Morgan fingerprint density at radius 2 is 2.30 bits per heavy atom. The molecule has 0 saturated carbocycles. The van der Waals surface area contributed by atoms with E-state index in [-0.39, 0.29) is 23.6 Å². The van der Waals surface area contributed by atoms with Crippen molar-refractivity contribution >= 4 is 29.7 Å². The summed E-state index contributed by atoms with van der Waals surface area (Å²) in [6.07, 6.45) is 7.17. The lowest BCUT2D eigenvalue weighted by molar-refractivity contribution is -0.698. The summed E-state index contributed by atoms with van der Waals surface area (Å²) in [5.41, 5.74) is 1.91. The summed E-state index contributed by atoms with van der Waals surface area (Å²) in [6.45, 7) is 1.23. The van der Waals surface area contributed by atoms with Crippen LogP contribution in [0.15, 0.2) is 47.4 Å². The molecule has 1 amide bonds. The second kappa shape index (κ2) is 6.97. The number of carbonyl (C=O) groups is 2. The lowest BCUT2D eigenvalue weighted by atomic mass is 10.0. The van der Waals surface area contributed by atoms with Crippen LogP contribution in [0.1, 0.15) is 11.3 Å². The zero-order valence-electron chi connectivity index (χ0n) is 14.1. The standard InChI is InChI=1S/C17H15N5O4S/c23-9-11-2-1-3-20(7-11)4-5-21-8-12(18-19-21)6-13-15(24)22-14(17(25)26)10-27-16(13)22/h1-3,6-8,10,16,23H,4-5,9H2/p+1/b13-6-/t16-/m1/s1. The molecule has 0 spiro atoms. The van der Waals surface area contributed by atoms with E-state index < -0.39 is 5.97 Å². The molecule has 2 aliphatic heterocycles. The van der Waals surface area contributed by atoms with Crippen molar-refractivity contribution in [2.45, 2.75) is 25.1 Å². The van der Waals surface area contributed by atoms with Gasteiger partial charge in [0.1, 0.15) is 23.3 Å². The summed E-state index contributed by atoms with van der Waals surface area (Å²) >= 11 is 1.29. The lowest BCUT2D eigenvalue weighted by Crippen LogP contribution is -2.51. The van der Waals surface area contributed by atoms with Gasteiger partial charge in [0.15, 0.2) is 18.9 Å². The fourth-order valence-corrected chi connectivity index (χ4v) is 4.06. The van der Waals surface area contributed by atoms with Gasteiger partial charge in [-0.15, -0.1) is 16.9 Å². The number of aryl methyl sites for hydroxylation is 2. The largest absolute Gasteiger partial charge is 0.477 e. The Bertz CT molecular complexity index is 983. The molecule has 2 aromatic rings. The van der Waals surface area contributed by atoms with E-state index in [4.69, 9.17) is 5.11 Å². The number of carbonyl (C=O) groups excluding carboxylic acids is 1. The van der Waals surface area contributed by atoms with Crippen molar-refractivity contribution in [3.8, 4) is 0 Å². The number of rotatable bonds is 6. The minimum Gasteiger partial charge on any atom is -0.477 e. The van der Waals surface area contributed by atoms with Crippen LogP contribution < -0.4 is 4.57 Å². The van der Waals surface area contributed by atoms with Crippen LogP contribution in [0.2, 0.25) is 0 Å². The molecule has 0 radical (unpaired) electrons. The number of hydrogen-bond donors (Lipinski definition) is 2. The fourth-order valence-electron chi connectivity index (χ4n) is 2.94. The molecule has 4 heterocycles. The quantitative estimate of drug-likeness (QED) is 0.408. The average Bonchev–Trinajstić information content (AvgIpc) is 3.29. The van der Waals surface area contributed by atoms with Gasteiger partial charge in [-0.05, 0) is 12.1 Å². The summed E-state index contributed by atoms with van der Waals surface area (Å²) in [7, 11) is 0. The minimum atomic E-state index is -1.11. The van der Waals surface area contributed by atoms with Crippen molar-refractivity contribution in [3.05, 3.63) is 58.7 Å². The number of carboxylic acid groups (broad SMARTS) is 1. The van der Waals surface area contributed by atoms with Gasteiger partial charge in [0.25, 0.3) is 5.91 Å². The third kappa shape index (κ3) is 3.24. The number of amides is 1. The predicted octanol–water partition coefficient (Wildman–Crippen LogP) is -0.0174. The maximum atomic E-state index is 12.2. The third-order valence-electron chi connectivity index (χ3n) is 4.30. The molecule has 0 aliphatic carbocycles. The molecule has 2 aromatic heterocycles. The van der Waals surface area contributed by atoms with Crippen LogP contribution in [0.3, 0.4) is 0 Å². The first-order valence-electron chi connectivity index (χ1n) is 8.20. The van der Waals surface area contributed by atoms with Crippen LogP contribution in [-0.4, -0.2) is 47.4 Å². The number of thioether (sulfide) groups is 1. The van der Waals surface area contributed by atoms with E-state index in [1.54, 1.807) is 17.0 Å². The highest BCUT2D eigenvalue weighted by Crippen LogP contribution is 2.44. The molecule has 9 nitrogen and oxygen atoms in total. The van der Waals surface area contributed by atoms with Crippen molar-refractivity contribution in [2.75, 3.05) is 0 Å². The summed E-state index contributed by atoms with van der Waals surface area (Å²) in [5, 5.41) is 27.6. The van der Waals surface area contributed by atoms with Gasteiger partial charge >= 0.3 is 5.97 Å². The molecule has 4 rings (SSSR count). The second-order valence-corrected chi connectivity index (χ2v) is 7.04. The van der Waals surface area contributed by atoms with Crippen LogP contribution in [0, 0.1) is 0 Å². The molecule has 0 bridgehead atoms. The highest BCUT2D eigenvalue weighted by molar-refractivity contribution is 8.03. The van der Waals surface area contributed by atoms with E-state index >= 15 is 0 Å². The molecule has 138 valence electrons. The summed E-state index contributed by atoms with van der Waals surface area (Å²) in [5.74, 6) is -1.42. The van der Waals surface area contributed by atoms with E-state index in [0.717, 1.165) is 5.56 Å². The van der Waals surface area contributed by atoms with Crippen LogP contribution >= 0.6 is 11.8 Å². The van der Waals surface area contributed by atoms with Crippen molar-refractivity contribution in [3.63, 3.8) is 0 Å². The Morgan fingerprint density at radius 3 is 3.07 bits per heavy atom. The average molecular weight is 386 g/mol. The summed E-state index contributed by atoms with van der Waals surface area (Å²) in [4.78, 5) is 24.6. The maximum absolute atomic E-state index is 12.2. The monoisotopic (exact) mass is 386 g/mol. The Kier molecular flexibility index (Phi) is 4.50. The number of aliphatic carboxylic acids is 1. The topological polar surface area (TPSA) is 112 Å². The number of carboxylic acids is 1. The highest BCUT2D eigenvalue weighted by atomic mass is 32.2. The first-order valence-corrected chi connectivity index (χ1v) is 9.14. The molecule has 0 aromatic carbocycles. The van der Waals surface area contributed by atoms with Crippen molar-refractivity contribution in [1.82, 2.24) is 19.9 Å². The van der Waals surface area contributed by atoms with Gasteiger partial charge in [-0.1, -0.05) is 5.21 Å². The molecule has 1 fully saturated rings. The van der Waals surface area contributed by atoms with Gasteiger partial charge < -0.3 is 10.2 Å². The molecule has 10 heteroatoms. The molecule has 0 unspecified atom stereocenters. The summed E-state index contributed by atoms with van der Waals surface area (Å²) < 4.78 is 3.63. The predicted molar refractivity (Wildman–Crippen MR) is 94.5 cm³/mol. The van der Waals surface area contributed by atoms with Gasteiger partial charge in [0.2, 0.25) is 0 Å². The lowest BCUT2D eigenvalue weighted by Gasteiger charge is -2.36. The number of hydrogen-bond acceptors (Lipinski definition) is 6. The van der Waals surface area contributed by atoms with Crippen molar-refractivity contribution in [1.29, 1.82) is 0 Å². The van der Waals surface area contributed by atoms with Crippen LogP contribution in [-0.2, 0) is 29.3 Å². The van der Waals surface area contributed by atoms with E-state index in [9.17, 15) is 14.7 Å². The highest BCUT2D eigenvalue weighted by Gasteiger charge is 2.49. The zero-order chi connectivity index (χ0) is 19.0. The van der Waals surface area contributed by atoms with E-state index in [1.165, 1.54) is 22.1 Å². The van der Waals surface area contributed by atoms with E-state index in [1.807, 2.05) is 29.1 Å². The van der Waals surface area contributed by atoms with Gasteiger partial charge in [-0.25, -0.2) is 14.0 Å². The molecule has 27 heavy (non-hydrogen) atoms. The molecular weight excluding hydrogens is 370 g/mol. The Hall–Kier alpha value is -2.98. The fraction of sp³-hybridized carbons (Fsp3) is 0.235. The normalized spacial score (nSPS) is 19.8. The van der Waals surface area contributed by atoms with Crippen molar-refractivity contribution in [2.24, 2.45) is 0 Å². The molecule has 2 aliphatic rings. The van der Waals surface area contributed by atoms with Gasteiger partial charge in [-0.2, -0.15) is 0 Å². The third-order valence-corrected chi connectivity index (χ3v) is 5.38. The number of fused-ring (bicyclic) bond motifs is 1. The second-order valence-electron chi connectivity index (χ2n) is 6.09. The molecule has 1 saturated heterocycles. The van der Waals surface area contributed by atoms with Crippen molar-refractivity contribution < 1.29 is 24.4 Å². The Balaban J connectivity index is 1.41. The molecular formula is C17H16N5O4S+.